The predicted molar refractivity (Wildman–Crippen MR) is 66.5 cm³/mol. The third-order valence-corrected chi connectivity index (χ3v) is 4.28. The van der Waals surface area contributed by atoms with Crippen molar-refractivity contribution in [3.05, 3.63) is 34.3 Å². The van der Waals surface area contributed by atoms with Crippen molar-refractivity contribution in [1.82, 2.24) is 0 Å². The van der Waals surface area contributed by atoms with Gasteiger partial charge in [0.05, 0.1) is 5.41 Å². The summed E-state index contributed by atoms with van der Waals surface area (Å²) in [7, 11) is 0. The minimum Gasteiger partial charge on any atom is -0.481 e. The van der Waals surface area contributed by atoms with Crippen molar-refractivity contribution in [1.29, 1.82) is 0 Å². The van der Waals surface area contributed by atoms with Crippen LogP contribution in [0.1, 0.15) is 31.7 Å². The first-order chi connectivity index (χ1) is 7.55. The van der Waals surface area contributed by atoms with Crippen LogP contribution in [0.5, 0.6) is 0 Å². The third-order valence-electron chi connectivity index (χ3n) is 3.79. The van der Waals surface area contributed by atoms with Crippen molar-refractivity contribution in [2.75, 3.05) is 0 Å². The number of aliphatic carboxylic acids is 1. The lowest BCUT2D eigenvalue weighted by Gasteiger charge is -2.40. The lowest BCUT2D eigenvalue weighted by molar-refractivity contribution is -0.147. The van der Waals surface area contributed by atoms with Gasteiger partial charge in [-0.15, -0.1) is 0 Å². The van der Waals surface area contributed by atoms with Crippen LogP contribution in [0.15, 0.2) is 28.7 Å². The normalized spacial score (nSPS) is 19.9. The highest BCUT2D eigenvalue weighted by Crippen LogP contribution is 2.44. The van der Waals surface area contributed by atoms with Gasteiger partial charge in [0.1, 0.15) is 0 Å². The van der Waals surface area contributed by atoms with Crippen LogP contribution in [0.2, 0.25) is 0 Å². The fraction of sp³-hybridized carbons (Fsp3) is 0.462. The number of rotatable bonds is 3. The van der Waals surface area contributed by atoms with Crippen molar-refractivity contribution < 1.29 is 9.90 Å². The molecule has 1 N–H and O–H groups in total. The number of carboxylic acid groups (broad SMARTS) is 1. The van der Waals surface area contributed by atoms with Crippen LogP contribution in [0, 0.1) is 5.92 Å². The van der Waals surface area contributed by atoms with Crippen molar-refractivity contribution >= 4 is 21.9 Å². The van der Waals surface area contributed by atoms with Crippen molar-refractivity contribution in [3.63, 3.8) is 0 Å². The zero-order chi connectivity index (χ0) is 11.8. The summed E-state index contributed by atoms with van der Waals surface area (Å²) in [6, 6.07) is 7.66. The molecule has 86 valence electrons. The van der Waals surface area contributed by atoms with E-state index in [1.165, 1.54) is 0 Å². The summed E-state index contributed by atoms with van der Waals surface area (Å²) in [5.41, 5.74) is 0.168. The summed E-state index contributed by atoms with van der Waals surface area (Å²) < 4.78 is 0.941. The molecule has 0 aromatic heterocycles. The summed E-state index contributed by atoms with van der Waals surface area (Å²) >= 11 is 3.40. The van der Waals surface area contributed by atoms with Crippen molar-refractivity contribution in [3.8, 4) is 0 Å². The van der Waals surface area contributed by atoms with Crippen LogP contribution in [0.25, 0.3) is 0 Å². The van der Waals surface area contributed by atoms with Gasteiger partial charge >= 0.3 is 5.97 Å². The van der Waals surface area contributed by atoms with Crippen LogP contribution >= 0.6 is 15.9 Å². The Labute approximate surface area is 104 Å². The predicted octanol–water partition coefficient (Wildman–Crippen LogP) is 3.59. The topological polar surface area (TPSA) is 37.3 Å². The SMILES string of the molecule is CC(C(=O)O)(c1cccc(Br)c1)C1CCC1. The average Bonchev–Trinajstić information content (AvgIpc) is 2.14. The van der Waals surface area contributed by atoms with Gasteiger partial charge in [-0.25, -0.2) is 0 Å². The number of benzene rings is 1. The molecule has 3 heteroatoms. The molecule has 1 aromatic rings. The largest absolute Gasteiger partial charge is 0.481 e. The summed E-state index contributed by atoms with van der Waals surface area (Å²) in [6.45, 7) is 1.85. The molecule has 0 heterocycles. The van der Waals surface area contributed by atoms with E-state index in [-0.39, 0.29) is 5.92 Å². The maximum absolute atomic E-state index is 11.6. The van der Waals surface area contributed by atoms with E-state index in [4.69, 9.17) is 0 Å². The van der Waals surface area contributed by atoms with Gasteiger partial charge in [-0.3, -0.25) is 4.79 Å². The third kappa shape index (κ3) is 1.77. The maximum atomic E-state index is 11.6. The molecule has 2 nitrogen and oxygen atoms in total. The van der Waals surface area contributed by atoms with Crippen LogP contribution in [0.3, 0.4) is 0 Å². The highest BCUT2D eigenvalue weighted by Gasteiger charge is 2.45. The van der Waals surface area contributed by atoms with Gasteiger partial charge in [0.2, 0.25) is 0 Å². The van der Waals surface area contributed by atoms with Crippen molar-refractivity contribution in [2.45, 2.75) is 31.6 Å². The van der Waals surface area contributed by atoms with Gasteiger partial charge < -0.3 is 5.11 Å². The van der Waals surface area contributed by atoms with Gasteiger partial charge in [-0.1, -0.05) is 34.5 Å². The summed E-state index contributed by atoms with van der Waals surface area (Å²) in [5, 5.41) is 9.50. The molecule has 0 saturated heterocycles. The summed E-state index contributed by atoms with van der Waals surface area (Å²) in [6.07, 6.45) is 3.20. The molecule has 0 bridgehead atoms. The molecule has 0 spiro atoms. The van der Waals surface area contributed by atoms with Crippen molar-refractivity contribution in [2.24, 2.45) is 5.92 Å². The Hall–Kier alpha value is -0.830. The number of halogens is 1. The van der Waals surface area contributed by atoms with E-state index in [2.05, 4.69) is 15.9 Å². The zero-order valence-electron chi connectivity index (χ0n) is 9.24. The lowest BCUT2D eigenvalue weighted by atomic mass is 9.63. The Bertz CT molecular complexity index is 412. The van der Waals surface area contributed by atoms with E-state index < -0.39 is 11.4 Å². The molecule has 16 heavy (non-hydrogen) atoms. The first kappa shape index (κ1) is 11.6. The van der Waals surface area contributed by atoms with Crippen LogP contribution in [-0.4, -0.2) is 11.1 Å². The van der Waals surface area contributed by atoms with Gasteiger partial charge in [0, 0.05) is 4.47 Å². The molecule has 1 atom stereocenters. The second-order valence-electron chi connectivity index (χ2n) is 4.65. The molecule has 1 saturated carbocycles. The molecule has 1 aliphatic carbocycles. The zero-order valence-corrected chi connectivity index (χ0v) is 10.8. The Morgan fingerprint density at radius 3 is 2.62 bits per heavy atom. The van der Waals surface area contributed by atoms with Crippen LogP contribution in [-0.2, 0) is 10.2 Å². The van der Waals surface area contributed by atoms with E-state index in [9.17, 15) is 9.90 Å². The maximum Gasteiger partial charge on any atom is 0.314 e. The van der Waals surface area contributed by atoms with Gasteiger partial charge in [0.25, 0.3) is 0 Å². The highest BCUT2D eigenvalue weighted by molar-refractivity contribution is 9.10. The molecule has 1 unspecified atom stereocenters. The quantitative estimate of drug-likeness (QED) is 0.920. The fourth-order valence-electron chi connectivity index (χ4n) is 2.33. The molecule has 1 fully saturated rings. The molecule has 2 rings (SSSR count). The standard InChI is InChI=1S/C13H15BrO2/c1-13(12(15)16,9-4-2-5-9)10-6-3-7-11(14)8-10/h3,6-9H,2,4-5H2,1H3,(H,15,16). The molecule has 1 aliphatic rings. The Morgan fingerprint density at radius 1 is 1.50 bits per heavy atom. The van der Waals surface area contributed by atoms with E-state index in [1.54, 1.807) is 0 Å². The molecule has 1 aromatic carbocycles. The minimum absolute atomic E-state index is 0.277. The Morgan fingerprint density at radius 2 is 2.19 bits per heavy atom. The van der Waals surface area contributed by atoms with Gasteiger partial charge in [-0.05, 0) is 43.4 Å². The number of hydrogen-bond donors (Lipinski definition) is 1. The summed E-state index contributed by atoms with van der Waals surface area (Å²) in [5.74, 6) is -0.436. The summed E-state index contributed by atoms with van der Waals surface area (Å²) in [4.78, 5) is 11.6. The second-order valence-corrected chi connectivity index (χ2v) is 5.56. The van der Waals surface area contributed by atoms with E-state index in [1.807, 2.05) is 31.2 Å². The first-order valence-corrected chi connectivity index (χ1v) is 6.34. The average molecular weight is 283 g/mol. The monoisotopic (exact) mass is 282 g/mol. The van der Waals surface area contributed by atoms with Gasteiger partial charge in [-0.2, -0.15) is 0 Å². The van der Waals surface area contributed by atoms with E-state index in [0.29, 0.717) is 0 Å². The molecular weight excluding hydrogens is 268 g/mol. The molecule has 0 amide bonds. The molecule has 0 radical (unpaired) electrons. The fourth-order valence-corrected chi connectivity index (χ4v) is 2.73. The van der Waals surface area contributed by atoms with Crippen LogP contribution in [0.4, 0.5) is 0 Å². The molecule has 0 aliphatic heterocycles. The van der Waals surface area contributed by atoms with Gasteiger partial charge in [0.15, 0.2) is 0 Å². The van der Waals surface area contributed by atoms with Crippen LogP contribution < -0.4 is 0 Å². The Kier molecular flexibility index (Phi) is 3.06. The number of carboxylic acids is 1. The number of carbonyl (C=O) groups is 1. The number of hydrogen-bond acceptors (Lipinski definition) is 1. The smallest absolute Gasteiger partial charge is 0.314 e. The second kappa shape index (κ2) is 4.21. The highest BCUT2D eigenvalue weighted by atomic mass is 79.9. The lowest BCUT2D eigenvalue weighted by Crippen LogP contribution is -2.43. The molecular formula is C13H15BrO2. The van der Waals surface area contributed by atoms with E-state index in [0.717, 1.165) is 29.3 Å². The Balaban J connectivity index is 2.42. The minimum atomic E-state index is -0.734. The first-order valence-electron chi connectivity index (χ1n) is 5.54. The van der Waals surface area contributed by atoms with E-state index >= 15 is 0 Å².